The maximum absolute atomic E-state index is 11.6. The van der Waals surface area contributed by atoms with E-state index in [4.69, 9.17) is 9.84 Å². The molecule has 0 aliphatic carbocycles. The van der Waals surface area contributed by atoms with Crippen LogP contribution >= 0.6 is 0 Å². The smallest absolute Gasteiger partial charge is 0.260 e. The summed E-state index contributed by atoms with van der Waals surface area (Å²) in [5, 5.41) is 8.72. The fourth-order valence-corrected chi connectivity index (χ4v) is 1.48. The Morgan fingerprint density at radius 1 is 1.33 bits per heavy atom. The van der Waals surface area contributed by atoms with Crippen molar-refractivity contribution in [1.82, 2.24) is 4.90 Å². The lowest BCUT2D eigenvalue weighted by molar-refractivity contribution is -0.132. The number of amides is 1. The number of nitrogens with zero attached hydrogens (tertiary/aromatic N) is 1. The van der Waals surface area contributed by atoms with E-state index in [1.54, 1.807) is 7.05 Å². The second kappa shape index (κ2) is 7.01. The Hall–Kier alpha value is -1.55. The number of likely N-dealkylation sites (N-methyl/N-ethyl adjacent to an activating group) is 1. The van der Waals surface area contributed by atoms with Crippen molar-refractivity contribution in [2.24, 2.45) is 0 Å². The van der Waals surface area contributed by atoms with E-state index in [2.05, 4.69) is 13.8 Å². The molecular weight excluding hydrogens is 230 g/mol. The van der Waals surface area contributed by atoms with E-state index < -0.39 is 0 Å². The molecule has 4 nitrogen and oxygen atoms in total. The van der Waals surface area contributed by atoms with Gasteiger partial charge in [-0.25, -0.2) is 0 Å². The average molecular weight is 251 g/mol. The first-order chi connectivity index (χ1) is 8.54. The highest BCUT2D eigenvalue weighted by Crippen LogP contribution is 2.18. The summed E-state index contributed by atoms with van der Waals surface area (Å²) in [6.45, 7) is 4.55. The molecule has 0 unspecified atom stereocenters. The fraction of sp³-hybridized carbons (Fsp3) is 0.500. The van der Waals surface area contributed by atoms with Crippen molar-refractivity contribution in [2.45, 2.75) is 19.8 Å². The Balaban J connectivity index is 2.46. The van der Waals surface area contributed by atoms with Crippen molar-refractivity contribution in [3.63, 3.8) is 0 Å². The van der Waals surface area contributed by atoms with E-state index in [1.165, 1.54) is 10.5 Å². The van der Waals surface area contributed by atoms with E-state index in [1.807, 2.05) is 24.3 Å². The van der Waals surface area contributed by atoms with Crippen molar-refractivity contribution >= 4 is 5.91 Å². The number of rotatable bonds is 6. The molecule has 100 valence electrons. The van der Waals surface area contributed by atoms with E-state index >= 15 is 0 Å². The van der Waals surface area contributed by atoms with Gasteiger partial charge < -0.3 is 14.7 Å². The van der Waals surface area contributed by atoms with Gasteiger partial charge in [-0.05, 0) is 23.6 Å². The van der Waals surface area contributed by atoms with Gasteiger partial charge in [0.05, 0.1) is 6.61 Å². The third kappa shape index (κ3) is 4.37. The van der Waals surface area contributed by atoms with Gasteiger partial charge in [0.2, 0.25) is 0 Å². The van der Waals surface area contributed by atoms with Crippen molar-refractivity contribution in [1.29, 1.82) is 0 Å². The monoisotopic (exact) mass is 251 g/mol. The summed E-state index contributed by atoms with van der Waals surface area (Å²) in [5.74, 6) is 1.03. The lowest BCUT2D eigenvalue weighted by atomic mass is 10.0. The number of carbonyl (C=O) groups excluding carboxylic acids is 1. The molecule has 18 heavy (non-hydrogen) atoms. The van der Waals surface area contributed by atoms with Crippen molar-refractivity contribution in [2.75, 3.05) is 26.8 Å². The maximum Gasteiger partial charge on any atom is 0.260 e. The third-order valence-electron chi connectivity index (χ3n) is 2.77. The van der Waals surface area contributed by atoms with E-state index in [0.717, 1.165) is 0 Å². The zero-order valence-corrected chi connectivity index (χ0v) is 11.2. The highest BCUT2D eigenvalue weighted by atomic mass is 16.5. The van der Waals surface area contributed by atoms with Gasteiger partial charge in [0, 0.05) is 13.6 Å². The molecule has 1 aromatic carbocycles. The minimum atomic E-state index is -0.142. The number of aliphatic hydroxyl groups excluding tert-OH is 1. The predicted octanol–water partition coefficient (Wildman–Crippen LogP) is 1.64. The Bertz CT molecular complexity index is 373. The molecule has 0 spiro atoms. The molecular formula is C14H21NO3. The molecule has 1 rings (SSSR count). The number of hydrogen-bond acceptors (Lipinski definition) is 3. The molecule has 0 aromatic heterocycles. The van der Waals surface area contributed by atoms with Gasteiger partial charge in [-0.15, -0.1) is 0 Å². The van der Waals surface area contributed by atoms with Crippen molar-refractivity contribution in [3.05, 3.63) is 29.8 Å². The maximum atomic E-state index is 11.6. The van der Waals surface area contributed by atoms with Gasteiger partial charge in [0.15, 0.2) is 6.61 Å². The molecule has 1 amide bonds. The largest absolute Gasteiger partial charge is 0.484 e. The van der Waals surface area contributed by atoms with Crippen LogP contribution in [0.15, 0.2) is 24.3 Å². The quantitative estimate of drug-likeness (QED) is 0.836. The van der Waals surface area contributed by atoms with E-state index in [9.17, 15) is 4.79 Å². The molecule has 0 saturated carbocycles. The Morgan fingerprint density at radius 2 is 1.94 bits per heavy atom. The fourth-order valence-electron chi connectivity index (χ4n) is 1.48. The SMILES string of the molecule is CC(C)c1ccc(OCC(=O)N(C)CCO)cc1. The summed E-state index contributed by atoms with van der Waals surface area (Å²) in [4.78, 5) is 13.0. The van der Waals surface area contributed by atoms with Crippen molar-refractivity contribution in [3.8, 4) is 5.75 Å². The number of benzene rings is 1. The first-order valence-corrected chi connectivity index (χ1v) is 6.12. The number of hydrogen-bond donors (Lipinski definition) is 1. The highest BCUT2D eigenvalue weighted by Gasteiger charge is 2.08. The highest BCUT2D eigenvalue weighted by molar-refractivity contribution is 5.77. The number of ether oxygens (including phenoxy) is 1. The van der Waals surface area contributed by atoms with Crippen LogP contribution in [0, 0.1) is 0 Å². The molecule has 0 bridgehead atoms. The first-order valence-electron chi connectivity index (χ1n) is 6.12. The van der Waals surface area contributed by atoms with Gasteiger partial charge in [0.25, 0.3) is 5.91 Å². The first kappa shape index (κ1) is 14.5. The lowest BCUT2D eigenvalue weighted by Gasteiger charge is -2.16. The zero-order valence-electron chi connectivity index (χ0n) is 11.2. The average Bonchev–Trinajstić information content (AvgIpc) is 2.36. The van der Waals surface area contributed by atoms with Crippen LogP contribution in [0.1, 0.15) is 25.3 Å². The number of carbonyl (C=O) groups is 1. The minimum absolute atomic E-state index is 0.00246. The van der Waals surface area contributed by atoms with Gasteiger partial charge >= 0.3 is 0 Å². The van der Waals surface area contributed by atoms with Crippen LogP contribution in [-0.2, 0) is 4.79 Å². The normalized spacial score (nSPS) is 10.5. The molecule has 0 heterocycles. The molecule has 1 aromatic rings. The Kier molecular flexibility index (Phi) is 5.65. The summed E-state index contributed by atoms with van der Waals surface area (Å²) >= 11 is 0. The Labute approximate surface area is 108 Å². The summed E-state index contributed by atoms with van der Waals surface area (Å²) < 4.78 is 5.40. The van der Waals surface area contributed by atoms with Crippen LogP contribution < -0.4 is 4.74 Å². The number of aliphatic hydroxyl groups is 1. The van der Waals surface area contributed by atoms with Crippen LogP contribution in [0.25, 0.3) is 0 Å². The molecule has 0 aliphatic rings. The van der Waals surface area contributed by atoms with Crippen molar-refractivity contribution < 1.29 is 14.6 Å². The summed E-state index contributed by atoms with van der Waals surface area (Å²) in [7, 11) is 1.64. The predicted molar refractivity (Wildman–Crippen MR) is 70.7 cm³/mol. The summed E-state index contributed by atoms with van der Waals surface area (Å²) in [6.07, 6.45) is 0. The lowest BCUT2D eigenvalue weighted by Crippen LogP contribution is -2.33. The summed E-state index contributed by atoms with van der Waals surface area (Å²) in [6, 6.07) is 7.74. The van der Waals surface area contributed by atoms with Gasteiger partial charge in [-0.2, -0.15) is 0 Å². The van der Waals surface area contributed by atoms with E-state index in [-0.39, 0.29) is 19.1 Å². The summed E-state index contributed by atoms with van der Waals surface area (Å²) in [5.41, 5.74) is 1.24. The minimum Gasteiger partial charge on any atom is -0.484 e. The van der Waals surface area contributed by atoms with Crippen LogP contribution in [0.2, 0.25) is 0 Å². The van der Waals surface area contributed by atoms with Gasteiger partial charge in [0.1, 0.15) is 5.75 Å². The molecule has 0 fully saturated rings. The second-order valence-corrected chi connectivity index (χ2v) is 4.55. The van der Waals surface area contributed by atoms with Gasteiger partial charge in [-0.1, -0.05) is 26.0 Å². The molecule has 1 N–H and O–H groups in total. The zero-order chi connectivity index (χ0) is 13.5. The molecule has 0 atom stereocenters. The van der Waals surface area contributed by atoms with Crippen LogP contribution in [0.5, 0.6) is 5.75 Å². The topological polar surface area (TPSA) is 49.8 Å². The van der Waals surface area contributed by atoms with Gasteiger partial charge in [-0.3, -0.25) is 4.79 Å². The van der Waals surface area contributed by atoms with E-state index in [0.29, 0.717) is 18.2 Å². The Morgan fingerprint density at radius 3 is 2.44 bits per heavy atom. The molecule has 0 radical (unpaired) electrons. The second-order valence-electron chi connectivity index (χ2n) is 4.55. The third-order valence-corrected chi connectivity index (χ3v) is 2.77. The standard InChI is InChI=1S/C14H21NO3/c1-11(2)12-4-6-13(7-5-12)18-10-14(17)15(3)8-9-16/h4-7,11,16H,8-10H2,1-3H3. The van der Waals surface area contributed by atoms with Crippen LogP contribution in [-0.4, -0.2) is 42.7 Å². The molecule has 0 aliphatic heterocycles. The molecule has 4 heteroatoms. The van der Waals surface area contributed by atoms with Crippen LogP contribution in [0.4, 0.5) is 0 Å². The molecule has 0 saturated heterocycles. The van der Waals surface area contributed by atoms with Crippen LogP contribution in [0.3, 0.4) is 0 Å².